The number of rotatable bonds is 4. The average molecular weight is 218 g/mol. The van der Waals surface area contributed by atoms with E-state index in [-0.39, 0.29) is 0 Å². The van der Waals surface area contributed by atoms with E-state index < -0.39 is 0 Å². The summed E-state index contributed by atoms with van der Waals surface area (Å²) in [7, 11) is 0. The Balaban J connectivity index is 1.83. The standard InChI is InChI=1S/C14H22N2/c15-10-13-7-4-8-14(9-13)16-11-12-5-2-1-3-6-12/h4,7-9,12,16H,1-3,5-6,10-11,15H2. The molecule has 1 fully saturated rings. The van der Waals surface area contributed by atoms with Gasteiger partial charge < -0.3 is 11.1 Å². The first-order chi connectivity index (χ1) is 7.88. The summed E-state index contributed by atoms with van der Waals surface area (Å²) >= 11 is 0. The molecule has 0 unspecified atom stereocenters. The van der Waals surface area contributed by atoms with E-state index in [1.54, 1.807) is 0 Å². The number of benzene rings is 1. The van der Waals surface area contributed by atoms with E-state index in [1.165, 1.54) is 43.4 Å². The fourth-order valence-electron chi connectivity index (χ4n) is 2.46. The average Bonchev–Trinajstić information content (AvgIpc) is 2.38. The molecule has 2 nitrogen and oxygen atoms in total. The molecule has 3 N–H and O–H groups in total. The molecule has 0 amide bonds. The Morgan fingerprint density at radius 2 is 2.00 bits per heavy atom. The predicted molar refractivity (Wildman–Crippen MR) is 69.4 cm³/mol. The van der Waals surface area contributed by atoms with Crippen LogP contribution < -0.4 is 11.1 Å². The topological polar surface area (TPSA) is 38.0 Å². The van der Waals surface area contributed by atoms with Gasteiger partial charge in [0.1, 0.15) is 0 Å². The van der Waals surface area contributed by atoms with Crippen LogP contribution in [0, 0.1) is 5.92 Å². The molecule has 1 aromatic carbocycles. The van der Waals surface area contributed by atoms with E-state index in [1.807, 2.05) is 0 Å². The summed E-state index contributed by atoms with van der Waals surface area (Å²) in [5, 5.41) is 3.53. The molecule has 2 heteroatoms. The zero-order valence-electron chi connectivity index (χ0n) is 9.91. The van der Waals surface area contributed by atoms with Gasteiger partial charge in [0.25, 0.3) is 0 Å². The molecule has 2 rings (SSSR count). The van der Waals surface area contributed by atoms with E-state index in [0.717, 1.165) is 12.5 Å². The van der Waals surface area contributed by atoms with Crippen LogP contribution in [0.15, 0.2) is 24.3 Å². The van der Waals surface area contributed by atoms with Gasteiger partial charge in [0, 0.05) is 18.8 Å². The largest absolute Gasteiger partial charge is 0.385 e. The summed E-state index contributed by atoms with van der Waals surface area (Å²) < 4.78 is 0. The Labute approximate surface area is 98.2 Å². The Bertz CT molecular complexity index is 316. The molecular formula is C14H22N2. The maximum Gasteiger partial charge on any atom is 0.0343 e. The van der Waals surface area contributed by atoms with Crippen molar-refractivity contribution in [1.82, 2.24) is 0 Å². The summed E-state index contributed by atoms with van der Waals surface area (Å²) in [6.45, 7) is 1.74. The van der Waals surface area contributed by atoms with E-state index in [2.05, 4.69) is 29.6 Å². The van der Waals surface area contributed by atoms with Crippen LogP contribution in [0.25, 0.3) is 0 Å². The van der Waals surface area contributed by atoms with E-state index in [0.29, 0.717) is 6.54 Å². The maximum atomic E-state index is 5.63. The zero-order valence-corrected chi connectivity index (χ0v) is 9.91. The van der Waals surface area contributed by atoms with Crippen molar-refractivity contribution in [3.63, 3.8) is 0 Å². The lowest BCUT2D eigenvalue weighted by atomic mass is 9.89. The fraction of sp³-hybridized carbons (Fsp3) is 0.571. The summed E-state index contributed by atoms with van der Waals surface area (Å²) in [6.07, 6.45) is 7.04. The summed E-state index contributed by atoms with van der Waals surface area (Å²) in [6, 6.07) is 8.43. The normalized spacial score (nSPS) is 17.3. The molecule has 0 atom stereocenters. The van der Waals surface area contributed by atoms with Gasteiger partial charge in [0.05, 0.1) is 0 Å². The second kappa shape index (κ2) is 5.90. The third-order valence-electron chi connectivity index (χ3n) is 3.48. The third kappa shape index (κ3) is 3.24. The van der Waals surface area contributed by atoms with Crippen molar-refractivity contribution < 1.29 is 0 Å². The summed E-state index contributed by atoms with van der Waals surface area (Å²) in [4.78, 5) is 0. The van der Waals surface area contributed by atoms with Crippen LogP contribution in [0.3, 0.4) is 0 Å². The zero-order chi connectivity index (χ0) is 11.2. The minimum atomic E-state index is 0.624. The number of hydrogen-bond donors (Lipinski definition) is 2. The van der Waals surface area contributed by atoms with Crippen molar-refractivity contribution in [2.75, 3.05) is 11.9 Å². The fourth-order valence-corrected chi connectivity index (χ4v) is 2.46. The van der Waals surface area contributed by atoms with Gasteiger partial charge in [-0.15, -0.1) is 0 Å². The van der Waals surface area contributed by atoms with Crippen molar-refractivity contribution in [3.8, 4) is 0 Å². The summed E-state index contributed by atoms with van der Waals surface area (Å²) in [5.74, 6) is 0.871. The molecule has 0 bridgehead atoms. The first-order valence-electron chi connectivity index (χ1n) is 6.41. The van der Waals surface area contributed by atoms with Gasteiger partial charge in [-0.05, 0) is 36.5 Å². The molecule has 1 aliphatic carbocycles. The van der Waals surface area contributed by atoms with E-state index in [9.17, 15) is 0 Å². The molecule has 1 saturated carbocycles. The van der Waals surface area contributed by atoms with Gasteiger partial charge in [0.2, 0.25) is 0 Å². The molecular weight excluding hydrogens is 196 g/mol. The van der Waals surface area contributed by atoms with Gasteiger partial charge in [0.15, 0.2) is 0 Å². The molecule has 0 spiro atoms. The highest BCUT2D eigenvalue weighted by atomic mass is 14.9. The van der Waals surface area contributed by atoms with Crippen LogP contribution in [0.2, 0.25) is 0 Å². The second-order valence-electron chi connectivity index (χ2n) is 4.79. The highest BCUT2D eigenvalue weighted by Crippen LogP contribution is 2.24. The minimum Gasteiger partial charge on any atom is -0.385 e. The Hall–Kier alpha value is -1.02. The molecule has 1 aliphatic rings. The Morgan fingerprint density at radius 1 is 1.19 bits per heavy atom. The van der Waals surface area contributed by atoms with E-state index >= 15 is 0 Å². The molecule has 0 heterocycles. The third-order valence-corrected chi connectivity index (χ3v) is 3.48. The highest BCUT2D eigenvalue weighted by molar-refractivity contribution is 5.45. The predicted octanol–water partition coefficient (Wildman–Crippen LogP) is 3.14. The molecule has 0 aromatic heterocycles. The lowest BCUT2D eigenvalue weighted by Crippen LogP contribution is -2.17. The Kier molecular flexibility index (Phi) is 4.23. The van der Waals surface area contributed by atoms with Crippen LogP contribution in [0.5, 0.6) is 0 Å². The molecule has 16 heavy (non-hydrogen) atoms. The number of nitrogens with one attached hydrogen (secondary N) is 1. The van der Waals surface area contributed by atoms with Crippen molar-refractivity contribution in [2.24, 2.45) is 11.7 Å². The van der Waals surface area contributed by atoms with Gasteiger partial charge in [-0.2, -0.15) is 0 Å². The number of hydrogen-bond acceptors (Lipinski definition) is 2. The summed E-state index contributed by atoms with van der Waals surface area (Å²) in [5.41, 5.74) is 8.05. The van der Waals surface area contributed by atoms with Crippen LogP contribution in [0.1, 0.15) is 37.7 Å². The lowest BCUT2D eigenvalue weighted by molar-refractivity contribution is 0.373. The second-order valence-corrected chi connectivity index (χ2v) is 4.79. The van der Waals surface area contributed by atoms with Crippen molar-refractivity contribution in [3.05, 3.63) is 29.8 Å². The van der Waals surface area contributed by atoms with Crippen LogP contribution in [0.4, 0.5) is 5.69 Å². The van der Waals surface area contributed by atoms with Gasteiger partial charge in [-0.3, -0.25) is 0 Å². The lowest BCUT2D eigenvalue weighted by Gasteiger charge is -2.22. The molecule has 1 aromatic rings. The van der Waals surface area contributed by atoms with E-state index in [4.69, 9.17) is 5.73 Å². The number of anilines is 1. The van der Waals surface area contributed by atoms with Gasteiger partial charge in [-0.1, -0.05) is 31.4 Å². The monoisotopic (exact) mass is 218 g/mol. The van der Waals surface area contributed by atoms with Crippen molar-refractivity contribution in [2.45, 2.75) is 38.6 Å². The Morgan fingerprint density at radius 3 is 2.75 bits per heavy atom. The molecule has 0 aliphatic heterocycles. The van der Waals surface area contributed by atoms with Crippen molar-refractivity contribution in [1.29, 1.82) is 0 Å². The highest BCUT2D eigenvalue weighted by Gasteiger charge is 2.12. The first kappa shape index (κ1) is 11.5. The first-order valence-corrected chi connectivity index (χ1v) is 6.41. The van der Waals surface area contributed by atoms with Crippen LogP contribution in [-0.4, -0.2) is 6.54 Å². The smallest absolute Gasteiger partial charge is 0.0343 e. The molecule has 88 valence electrons. The van der Waals surface area contributed by atoms with Gasteiger partial charge >= 0.3 is 0 Å². The molecule has 0 saturated heterocycles. The van der Waals surface area contributed by atoms with Crippen LogP contribution >= 0.6 is 0 Å². The van der Waals surface area contributed by atoms with Crippen LogP contribution in [-0.2, 0) is 6.54 Å². The number of nitrogens with two attached hydrogens (primary N) is 1. The van der Waals surface area contributed by atoms with Gasteiger partial charge in [-0.25, -0.2) is 0 Å². The van der Waals surface area contributed by atoms with Crippen molar-refractivity contribution >= 4 is 5.69 Å². The minimum absolute atomic E-state index is 0.624. The SMILES string of the molecule is NCc1cccc(NCC2CCCCC2)c1. The molecule has 0 radical (unpaired) electrons. The maximum absolute atomic E-state index is 5.63. The quantitative estimate of drug-likeness (QED) is 0.814.